The first-order valence-electron chi connectivity index (χ1n) is 9.01. The lowest BCUT2D eigenvalue weighted by atomic mass is 9.80. The van der Waals surface area contributed by atoms with Gasteiger partial charge in [-0.1, -0.05) is 0 Å². The van der Waals surface area contributed by atoms with Gasteiger partial charge in [0.25, 0.3) is 0 Å². The van der Waals surface area contributed by atoms with Gasteiger partial charge in [0.15, 0.2) is 0 Å². The van der Waals surface area contributed by atoms with Crippen LogP contribution in [-0.2, 0) is 16.8 Å². The van der Waals surface area contributed by atoms with Gasteiger partial charge in [0.2, 0.25) is 5.95 Å². The van der Waals surface area contributed by atoms with Crippen molar-refractivity contribution in [3.63, 3.8) is 0 Å². The molecule has 7 nitrogen and oxygen atoms in total. The molecule has 7 heteroatoms. The summed E-state index contributed by atoms with van der Waals surface area (Å²) in [6, 6.07) is 1.96. The standard InChI is InChI=1S/C18H22N6O/c1-2-13(1)7-20-17-21-8-14-9-25-11-18(16(14)23-17)4-6-24(10-18)15-3-5-19-12-22-15/h3,5,8,12-13H,1-2,4,6-7,9-11H2,(H,20,21,23)/t18-/m0/s1. The Labute approximate surface area is 146 Å². The molecular weight excluding hydrogens is 316 g/mol. The lowest BCUT2D eigenvalue weighted by molar-refractivity contribution is 0.0557. The predicted molar refractivity (Wildman–Crippen MR) is 93.4 cm³/mol. The van der Waals surface area contributed by atoms with Crippen molar-refractivity contribution in [3.05, 3.63) is 36.0 Å². The van der Waals surface area contributed by atoms with Gasteiger partial charge in [-0.15, -0.1) is 0 Å². The summed E-state index contributed by atoms with van der Waals surface area (Å²) in [5, 5.41) is 3.41. The lowest BCUT2D eigenvalue weighted by Gasteiger charge is -2.34. The molecule has 130 valence electrons. The van der Waals surface area contributed by atoms with Gasteiger partial charge in [0.05, 0.1) is 24.3 Å². The van der Waals surface area contributed by atoms with E-state index in [0.717, 1.165) is 55.0 Å². The minimum atomic E-state index is -0.0719. The van der Waals surface area contributed by atoms with E-state index >= 15 is 0 Å². The van der Waals surface area contributed by atoms with Gasteiger partial charge in [-0.2, -0.15) is 0 Å². The number of aromatic nitrogens is 4. The van der Waals surface area contributed by atoms with Crippen LogP contribution in [0.15, 0.2) is 24.8 Å². The van der Waals surface area contributed by atoms with Crippen molar-refractivity contribution in [2.45, 2.75) is 31.3 Å². The number of rotatable bonds is 4. The smallest absolute Gasteiger partial charge is 0.222 e. The number of hydrogen-bond donors (Lipinski definition) is 1. The third-order valence-corrected chi connectivity index (χ3v) is 5.49. The Balaban J connectivity index is 1.42. The SMILES string of the molecule is c1cc(N2CC[C@@]3(COCc4cnc(NCC5CC5)nc43)C2)ncn1. The molecule has 25 heavy (non-hydrogen) atoms. The summed E-state index contributed by atoms with van der Waals surface area (Å²) < 4.78 is 5.91. The largest absolute Gasteiger partial charge is 0.376 e. The van der Waals surface area contributed by atoms with E-state index in [2.05, 4.69) is 25.2 Å². The van der Waals surface area contributed by atoms with Crippen LogP contribution in [0, 0.1) is 5.92 Å². The predicted octanol–water partition coefficient (Wildman–Crippen LogP) is 1.77. The van der Waals surface area contributed by atoms with Gasteiger partial charge < -0.3 is 15.0 Å². The molecule has 1 saturated carbocycles. The van der Waals surface area contributed by atoms with Crippen LogP contribution in [0.2, 0.25) is 0 Å². The Kier molecular flexibility index (Phi) is 3.55. The molecule has 5 rings (SSSR count). The van der Waals surface area contributed by atoms with Crippen LogP contribution in [0.4, 0.5) is 11.8 Å². The molecule has 0 radical (unpaired) electrons. The number of anilines is 2. The van der Waals surface area contributed by atoms with E-state index in [1.54, 1.807) is 12.5 Å². The molecular formula is C18H22N6O. The maximum atomic E-state index is 5.91. The average molecular weight is 338 g/mol. The highest BCUT2D eigenvalue weighted by Gasteiger charge is 2.45. The van der Waals surface area contributed by atoms with Crippen molar-refractivity contribution in [2.75, 3.05) is 36.5 Å². The Morgan fingerprint density at radius 1 is 1.32 bits per heavy atom. The van der Waals surface area contributed by atoms with Crippen LogP contribution in [0.1, 0.15) is 30.5 Å². The molecule has 2 fully saturated rings. The van der Waals surface area contributed by atoms with Crippen molar-refractivity contribution in [2.24, 2.45) is 5.92 Å². The van der Waals surface area contributed by atoms with E-state index in [9.17, 15) is 0 Å². The molecule has 3 aliphatic rings. The fraction of sp³-hybridized carbons (Fsp3) is 0.556. The molecule has 1 atom stereocenters. The topological polar surface area (TPSA) is 76.1 Å². The molecule has 0 aromatic carbocycles. The summed E-state index contributed by atoms with van der Waals surface area (Å²) in [4.78, 5) is 20.1. The monoisotopic (exact) mass is 338 g/mol. The molecule has 1 saturated heterocycles. The second-order valence-electron chi connectivity index (χ2n) is 7.40. The first-order chi connectivity index (χ1) is 12.3. The quantitative estimate of drug-likeness (QED) is 0.910. The van der Waals surface area contributed by atoms with Crippen LogP contribution in [0.5, 0.6) is 0 Å². The normalized spacial score (nSPS) is 25.2. The summed E-state index contributed by atoms with van der Waals surface area (Å²) in [5.41, 5.74) is 2.20. The van der Waals surface area contributed by atoms with Gasteiger partial charge in [-0.05, 0) is 31.2 Å². The van der Waals surface area contributed by atoms with E-state index in [1.165, 1.54) is 12.8 Å². The molecule has 0 unspecified atom stereocenters. The third-order valence-electron chi connectivity index (χ3n) is 5.49. The van der Waals surface area contributed by atoms with Gasteiger partial charge >= 0.3 is 0 Å². The Morgan fingerprint density at radius 3 is 3.12 bits per heavy atom. The summed E-state index contributed by atoms with van der Waals surface area (Å²) in [5.74, 6) is 2.53. The van der Waals surface area contributed by atoms with Crippen LogP contribution in [-0.4, -0.2) is 46.2 Å². The van der Waals surface area contributed by atoms with Crippen molar-refractivity contribution in [1.29, 1.82) is 0 Å². The average Bonchev–Trinajstić information content (AvgIpc) is 3.40. The van der Waals surface area contributed by atoms with E-state index in [4.69, 9.17) is 9.72 Å². The highest BCUT2D eigenvalue weighted by molar-refractivity contribution is 5.44. The molecule has 2 aliphatic heterocycles. The molecule has 0 bridgehead atoms. The molecule has 0 amide bonds. The Hall–Kier alpha value is -2.28. The molecule has 1 aliphatic carbocycles. The second kappa shape index (κ2) is 5.91. The van der Waals surface area contributed by atoms with Gasteiger partial charge in [-0.3, -0.25) is 0 Å². The highest BCUT2D eigenvalue weighted by atomic mass is 16.5. The van der Waals surface area contributed by atoms with Gasteiger partial charge in [0.1, 0.15) is 12.1 Å². The Bertz CT molecular complexity index is 765. The molecule has 4 heterocycles. The fourth-order valence-electron chi connectivity index (χ4n) is 3.89. The summed E-state index contributed by atoms with van der Waals surface area (Å²) >= 11 is 0. The lowest BCUT2D eigenvalue weighted by Crippen LogP contribution is -2.40. The first-order valence-corrected chi connectivity index (χ1v) is 9.01. The van der Waals surface area contributed by atoms with Crippen LogP contribution < -0.4 is 10.2 Å². The van der Waals surface area contributed by atoms with E-state index in [0.29, 0.717) is 13.2 Å². The van der Waals surface area contributed by atoms with Crippen molar-refractivity contribution >= 4 is 11.8 Å². The number of fused-ring (bicyclic) bond motifs is 2. The highest BCUT2D eigenvalue weighted by Crippen LogP contribution is 2.40. The first kappa shape index (κ1) is 15.0. The molecule has 1 N–H and O–H groups in total. The zero-order valence-corrected chi connectivity index (χ0v) is 14.2. The number of ether oxygens (including phenoxy) is 1. The third kappa shape index (κ3) is 2.82. The van der Waals surface area contributed by atoms with Crippen LogP contribution >= 0.6 is 0 Å². The van der Waals surface area contributed by atoms with Crippen molar-refractivity contribution < 1.29 is 4.74 Å². The number of nitrogens with zero attached hydrogens (tertiary/aromatic N) is 5. The minimum Gasteiger partial charge on any atom is -0.376 e. The minimum absolute atomic E-state index is 0.0719. The fourth-order valence-corrected chi connectivity index (χ4v) is 3.89. The molecule has 1 spiro atoms. The summed E-state index contributed by atoms with van der Waals surface area (Å²) in [6.07, 6.45) is 9.00. The zero-order chi connectivity index (χ0) is 16.7. The number of hydrogen-bond acceptors (Lipinski definition) is 7. The summed E-state index contributed by atoms with van der Waals surface area (Å²) in [7, 11) is 0. The molecule has 2 aromatic rings. The van der Waals surface area contributed by atoms with E-state index in [-0.39, 0.29) is 5.41 Å². The van der Waals surface area contributed by atoms with Gasteiger partial charge in [0, 0.05) is 37.6 Å². The van der Waals surface area contributed by atoms with Crippen molar-refractivity contribution in [3.8, 4) is 0 Å². The van der Waals surface area contributed by atoms with Gasteiger partial charge in [-0.25, -0.2) is 19.9 Å². The van der Waals surface area contributed by atoms with Crippen LogP contribution in [0.25, 0.3) is 0 Å². The van der Waals surface area contributed by atoms with E-state index in [1.807, 2.05) is 12.3 Å². The zero-order valence-electron chi connectivity index (χ0n) is 14.2. The van der Waals surface area contributed by atoms with Crippen LogP contribution in [0.3, 0.4) is 0 Å². The second-order valence-corrected chi connectivity index (χ2v) is 7.40. The molecule has 2 aromatic heterocycles. The maximum Gasteiger partial charge on any atom is 0.222 e. The van der Waals surface area contributed by atoms with E-state index < -0.39 is 0 Å². The number of nitrogens with one attached hydrogen (secondary N) is 1. The Morgan fingerprint density at radius 2 is 2.28 bits per heavy atom. The summed E-state index contributed by atoms with van der Waals surface area (Å²) in [6.45, 7) is 4.12. The van der Waals surface area contributed by atoms with Crippen molar-refractivity contribution in [1.82, 2.24) is 19.9 Å². The maximum absolute atomic E-state index is 5.91.